The Bertz CT molecular complexity index is 983. The number of hydrogen-bond acceptors (Lipinski definition) is 5. The van der Waals surface area contributed by atoms with Gasteiger partial charge in [0.15, 0.2) is 0 Å². The largest absolute Gasteiger partial charge is 0.424 e. The number of benzene rings is 2. The van der Waals surface area contributed by atoms with E-state index in [2.05, 4.69) is 20.3 Å². The highest BCUT2D eigenvalue weighted by molar-refractivity contribution is 5.58. The van der Waals surface area contributed by atoms with E-state index in [4.69, 9.17) is 4.74 Å². The average molecular weight is 329 g/mol. The second-order valence-electron chi connectivity index (χ2n) is 5.50. The Morgan fingerprint density at radius 2 is 1.72 bits per heavy atom. The molecule has 0 aliphatic rings. The molecule has 6 heteroatoms. The first-order valence-electron chi connectivity index (χ1n) is 7.83. The highest BCUT2D eigenvalue weighted by Gasteiger charge is 2.09. The monoisotopic (exact) mass is 329 g/mol. The van der Waals surface area contributed by atoms with Gasteiger partial charge in [-0.05, 0) is 24.6 Å². The Morgan fingerprint density at radius 1 is 0.920 bits per heavy atom. The van der Waals surface area contributed by atoms with Crippen LogP contribution in [0.15, 0.2) is 73.2 Å². The smallest absolute Gasteiger partial charge is 0.321 e. The maximum absolute atomic E-state index is 5.78. The van der Waals surface area contributed by atoms with Gasteiger partial charge in [0.1, 0.15) is 11.4 Å². The quantitative estimate of drug-likeness (QED) is 0.569. The predicted molar refractivity (Wildman–Crippen MR) is 93.6 cm³/mol. The molecule has 25 heavy (non-hydrogen) atoms. The van der Waals surface area contributed by atoms with E-state index in [1.807, 2.05) is 61.7 Å². The summed E-state index contributed by atoms with van der Waals surface area (Å²) in [4.78, 5) is 8.19. The van der Waals surface area contributed by atoms with Gasteiger partial charge in [0.2, 0.25) is 0 Å². The molecule has 4 rings (SSSR count). The third-order valence-corrected chi connectivity index (χ3v) is 3.74. The molecular weight excluding hydrogens is 314 g/mol. The van der Waals surface area contributed by atoms with Crippen LogP contribution < -0.4 is 4.74 Å². The zero-order chi connectivity index (χ0) is 17.1. The maximum atomic E-state index is 5.78. The molecule has 0 aliphatic carbocycles. The lowest BCUT2D eigenvalue weighted by atomic mass is 10.2. The van der Waals surface area contributed by atoms with Gasteiger partial charge in [0.25, 0.3) is 0 Å². The molecule has 0 saturated heterocycles. The van der Waals surface area contributed by atoms with Crippen molar-refractivity contribution in [1.82, 2.24) is 25.0 Å². The molecule has 0 atom stereocenters. The fraction of sp³-hybridized carbons (Fsp3) is 0.0526. The van der Waals surface area contributed by atoms with Crippen molar-refractivity contribution in [3.8, 4) is 28.7 Å². The summed E-state index contributed by atoms with van der Waals surface area (Å²) in [5, 5.41) is 8.47. The molecule has 0 N–H and O–H groups in total. The Balaban J connectivity index is 1.65. The normalized spacial score (nSPS) is 10.6. The van der Waals surface area contributed by atoms with E-state index in [0.717, 1.165) is 22.5 Å². The topological polar surface area (TPSA) is 65.7 Å². The standard InChI is InChI=1S/C19H15N5O/c1-14-8-9-16(12-18(14)25-19-20-10-5-11-21-19)24-13-17(22-23-24)15-6-3-2-4-7-15/h2-13H,1H3. The van der Waals surface area contributed by atoms with Gasteiger partial charge in [-0.25, -0.2) is 14.6 Å². The first-order chi connectivity index (χ1) is 12.3. The molecular formula is C19H15N5O. The molecule has 0 unspecified atom stereocenters. The summed E-state index contributed by atoms with van der Waals surface area (Å²) >= 11 is 0. The second-order valence-corrected chi connectivity index (χ2v) is 5.50. The highest BCUT2D eigenvalue weighted by Crippen LogP contribution is 2.26. The Hall–Kier alpha value is -3.54. The molecule has 0 bridgehead atoms. The van der Waals surface area contributed by atoms with Crippen LogP contribution in [0.25, 0.3) is 16.9 Å². The summed E-state index contributed by atoms with van der Waals surface area (Å²) in [5.74, 6) is 0.681. The minimum absolute atomic E-state index is 0.311. The Labute approximate surface area is 144 Å². The summed E-state index contributed by atoms with van der Waals surface area (Å²) in [6.45, 7) is 1.97. The number of nitrogens with zero attached hydrogens (tertiary/aromatic N) is 5. The van der Waals surface area contributed by atoms with Gasteiger partial charge >= 0.3 is 6.01 Å². The lowest BCUT2D eigenvalue weighted by Gasteiger charge is -2.08. The average Bonchev–Trinajstić information content (AvgIpc) is 3.15. The highest BCUT2D eigenvalue weighted by atomic mass is 16.5. The third-order valence-electron chi connectivity index (χ3n) is 3.74. The molecule has 2 aromatic carbocycles. The van der Waals surface area contributed by atoms with E-state index in [-0.39, 0.29) is 0 Å². The SMILES string of the molecule is Cc1ccc(-n2cc(-c3ccccc3)nn2)cc1Oc1ncccn1. The number of aromatic nitrogens is 5. The van der Waals surface area contributed by atoms with Crippen LogP contribution in [0.1, 0.15) is 5.56 Å². The van der Waals surface area contributed by atoms with Crippen LogP contribution in [0.3, 0.4) is 0 Å². The minimum atomic E-state index is 0.311. The Kier molecular flexibility index (Phi) is 3.92. The fourth-order valence-electron chi connectivity index (χ4n) is 2.41. The molecule has 0 amide bonds. The molecule has 2 heterocycles. The maximum Gasteiger partial charge on any atom is 0.321 e. The van der Waals surface area contributed by atoms with E-state index in [1.165, 1.54) is 0 Å². The first-order valence-corrected chi connectivity index (χ1v) is 7.83. The predicted octanol–water partition coefficient (Wildman–Crippen LogP) is 3.83. The van der Waals surface area contributed by atoms with Crippen molar-refractivity contribution in [3.05, 3.63) is 78.8 Å². The van der Waals surface area contributed by atoms with Crippen LogP contribution in [0, 0.1) is 6.92 Å². The van der Waals surface area contributed by atoms with Crippen LogP contribution in [0.5, 0.6) is 11.8 Å². The third kappa shape index (κ3) is 3.23. The zero-order valence-electron chi connectivity index (χ0n) is 13.6. The van der Waals surface area contributed by atoms with Crippen molar-refractivity contribution in [1.29, 1.82) is 0 Å². The lowest BCUT2D eigenvalue weighted by molar-refractivity contribution is 0.438. The minimum Gasteiger partial charge on any atom is -0.424 e. The van der Waals surface area contributed by atoms with E-state index in [0.29, 0.717) is 11.8 Å². The molecule has 0 spiro atoms. The summed E-state index contributed by atoms with van der Waals surface area (Å²) in [7, 11) is 0. The summed E-state index contributed by atoms with van der Waals surface area (Å²) in [5.41, 5.74) is 3.68. The molecule has 0 aliphatic heterocycles. The molecule has 4 aromatic rings. The second kappa shape index (κ2) is 6.52. The van der Waals surface area contributed by atoms with Crippen molar-refractivity contribution >= 4 is 0 Å². The van der Waals surface area contributed by atoms with E-state index >= 15 is 0 Å². The lowest BCUT2D eigenvalue weighted by Crippen LogP contribution is -1.98. The molecule has 122 valence electrons. The van der Waals surface area contributed by atoms with Crippen LogP contribution in [-0.4, -0.2) is 25.0 Å². The summed E-state index contributed by atoms with van der Waals surface area (Å²) in [6, 6.07) is 17.8. The molecule has 2 aromatic heterocycles. The van der Waals surface area contributed by atoms with Gasteiger partial charge in [-0.15, -0.1) is 5.10 Å². The zero-order valence-corrected chi connectivity index (χ0v) is 13.6. The molecule has 0 fully saturated rings. The van der Waals surface area contributed by atoms with Crippen molar-refractivity contribution in [2.24, 2.45) is 0 Å². The van der Waals surface area contributed by atoms with Crippen molar-refractivity contribution in [3.63, 3.8) is 0 Å². The van der Waals surface area contributed by atoms with Gasteiger partial charge in [-0.2, -0.15) is 0 Å². The van der Waals surface area contributed by atoms with Crippen LogP contribution in [-0.2, 0) is 0 Å². The first kappa shape index (κ1) is 15.0. The van der Waals surface area contributed by atoms with Crippen LogP contribution >= 0.6 is 0 Å². The van der Waals surface area contributed by atoms with Gasteiger partial charge in [-0.1, -0.05) is 41.6 Å². The van der Waals surface area contributed by atoms with E-state index < -0.39 is 0 Å². The van der Waals surface area contributed by atoms with Crippen molar-refractivity contribution < 1.29 is 4.74 Å². The Morgan fingerprint density at radius 3 is 2.52 bits per heavy atom. The van der Waals surface area contributed by atoms with Crippen LogP contribution in [0.4, 0.5) is 0 Å². The number of aryl methyl sites for hydroxylation is 1. The van der Waals surface area contributed by atoms with Crippen molar-refractivity contribution in [2.75, 3.05) is 0 Å². The van der Waals surface area contributed by atoms with E-state index in [9.17, 15) is 0 Å². The fourth-order valence-corrected chi connectivity index (χ4v) is 2.41. The number of rotatable bonds is 4. The molecule has 0 radical (unpaired) electrons. The van der Waals surface area contributed by atoms with Gasteiger partial charge in [0.05, 0.1) is 11.9 Å². The van der Waals surface area contributed by atoms with Crippen LogP contribution in [0.2, 0.25) is 0 Å². The number of hydrogen-bond donors (Lipinski definition) is 0. The van der Waals surface area contributed by atoms with Gasteiger partial charge in [0, 0.05) is 24.0 Å². The van der Waals surface area contributed by atoms with E-state index in [1.54, 1.807) is 23.1 Å². The van der Waals surface area contributed by atoms with Gasteiger partial charge in [-0.3, -0.25) is 0 Å². The summed E-state index contributed by atoms with van der Waals surface area (Å²) < 4.78 is 7.50. The summed E-state index contributed by atoms with van der Waals surface area (Å²) in [6.07, 6.45) is 5.18. The molecule has 0 saturated carbocycles. The van der Waals surface area contributed by atoms with Crippen molar-refractivity contribution in [2.45, 2.75) is 6.92 Å². The number of ether oxygens (including phenoxy) is 1. The van der Waals surface area contributed by atoms with Gasteiger partial charge < -0.3 is 4.74 Å². The molecule has 6 nitrogen and oxygen atoms in total.